The highest BCUT2D eigenvalue weighted by Gasteiger charge is 2.33. The number of hydrogen-bond acceptors (Lipinski definition) is 7. The highest BCUT2D eigenvalue weighted by molar-refractivity contribution is 5.97. The van der Waals surface area contributed by atoms with Gasteiger partial charge >= 0.3 is 0 Å². The Hall–Kier alpha value is -3.66. The molecule has 1 unspecified atom stereocenters. The lowest BCUT2D eigenvalue weighted by Gasteiger charge is -2.19. The van der Waals surface area contributed by atoms with Crippen LogP contribution in [0.2, 0.25) is 0 Å². The molecule has 1 atom stereocenters. The molecule has 3 aromatic rings. The minimum absolute atomic E-state index is 0.0324. The standard InChI is InChI=1S/C21H19F2N5O2.C5H11N/c1-2-12-8-11-28(20(12)29)15-5-6-16(18(23)17(15)22)30-19-13(4-3-9-25-19)14-7-10-26-21(24)27-14;1-2-4-6-5-3-1/h3-7,9-10,12H,2,8,11H2,1H3,(H2,24,26,27);6H,1-5H2. The molecule has 2 aliphatic rings. The number of nitrogens with two attached hydrogens (primary N) is 1. The van der Waals surface area contributed by atoms with Crippen LogP contribution < -0.4 is 20.7 Å². The molecule has 1 amide bonds. The molecule has 2 aliphatic heterocycles. The Balaban J connectivity index is 0.000000445. The lowest BCUT2D eigenvalue weighted by Crippen LogP contribution is -2.28. The molecule has 10 heteroatoms. The first-order valence-electron chi connectivity index (χ1n) is 12.2. The number of nitrogens with zero attached hydrogens (tertiary/aromatic N) is 4. The van der Waals surface area contributed by atoms with Crippen LogP contribution in [0.1, 0.15) is 39.0 Å². The Kier molecular flexibility index (Phi) is 8.37. The third-order valence-electron chi connectivity index (χ3n) is 6.26. The number of halogens is 2. The predicted octanol–water partition coefficient (Wildman–Crippen LogP) is 4.71. The van der Waals surface area contributed by atoms with Gasteiger partial charge in [-0.05, 0) is 69.1 Å². The van der Waals surface area contributed by atoms with Gasteiger partial charge in [-0.25, -0.2) is 19.3 Å². The van der Waals surface area contributed by atoms with E-state index >= 15 is 0 Å². The van der Waals surface area contributed by atoms with Gasteiger partial charge < -0.3 is 20.7 Å². The fourth-order valence-electron chi connectivity index (χ4n) is 4.26. The molecule has 2 aromatic heterocycles. The summed E-state index contributed by atoms with van der Waals surface area (Å²) in [5, 5.41) is 3.28. The van der Waals surface area contributed by atoms with Gasteiger partial charge in [0.1, 0.15) is 0 Å². The van der Waals surface area contributed by atoms with Crippen LogP contribution in [-0.2, 0) is 4.79 Å². The normalized spacial score (nSPS) is 17.5. The van der Waals surface area contributed by atoms with Gasteiger partial charge in [0.15, 0.2) is 11.6 Å². The van der Waals surface area contributed by atoms with Crippen LogP contribution in [0, 0.1) is 17.6 Å². The van der Waals surface area contributed by atoms with E-state index in [1.807, 2.05) is 6.92 Å². The van der Waals surface area contributed by atoms with E-state index in [4.69, 9.17) is 10.5 Å². The molecule has 3 N–H and O–H groups in total. The second-order valence-corrected chi connectivity index (χ2v) is 8.66. The van der Waals surface area contributed by atoms with Crippen molar-refractivity contribution in [3.63, 3.8) is 0 Å². The van der Waals surface area contributed by atoms with Crippen molar-refractivity contribution in [2.45, 2.75) is 39.0 Å². The molecule has 0 bridgehead atoms. The van der Waals surface area contributed by atoms with E-state index < -0.39 is 11.6 Å². The second kappa shape index (κ2) is 11.9. The van der Waals surface area contributed by atoms with Crippen molar-refractivity contribution in [3.8, 4) is 22.9 Å². The molecule has 0 spiro atoms. The van der Waals surface area contributed by atoms with Crippen LogP contribution in [-0.4, -0.2) is 40.5 Å². The third-order valence-corrected chi connectivity index (χ3v) is 6.26. The van der Waals surface area contributed by atoms with Gasteiger partial charge in [-0.1, -0.05) is 13.3 Å². The van der Waals surface area contributed by atoms with Crippen LogP contribution in [0.5, 0.6) is 11.6 Å². The minimum Gasteiger partial charge on any atom is -0.435 e. The zero-order valence-electron chi connectivity index (χ0n) is 20.2. The number of carbonyl (C=O) groups is 1. The molecule has 0 radical (unpaired) electrons. The van der Waals surface area contributed by atoms with Gasteiger partial charge in [0.2, 0.25) is 23.6 Å². The summed E-state index contributed by atoms with van der Waals surface area (Å²) in [6, 6.07) is 7.55. The van der Waals surface area contributed by atoms with Crippen molar-refractivity contribution < 1.29 is 18.3 Å². The first kappa shape index (κ1) is 25.4. The summed E-state index contributed by atoms with van der Waals surface area (Å²) in [5.41, 5.74) is 6.40. The third kappa shape index (κ3) is 5.76. The zero-order valence-corrected chi connectivity index (χ0v) is 20.2. The maximum Gasteiger partial charge on any atom is 0.230 e. The summed E-state index contributed by atoms with van der Waals surface area (Å²) in [6.07, 6.45) is 8.43. The predicted molar refractivity (Wildman–Crippen MR) is 134 cm³/mol. The Morgan fingerprint density at radius 3 is 2.53 bits per heavy atom. The fraction of sp³-hybridized carbons (Fsp3) is 0.385. The van der Waals surface area contributed by atoms with E-state index in [-0.39, 0.29) is 35.1 Å². The van der Waals surface area contributed by atoms with Gasteiger partial charge in [0.05, 0.1) is 16.9 Å². The number of ether oxygens (including phenoxy) is 1. The Labute approximate surface area is 208 Å². The lowest BCUT2D eigenvalue weighted by molar-refractivity contribution is -0.120. The summed E-state index contributed by atoms with van der Waals surface area (Å²) in [6.45, 7) is 4.75. The molecular weight excluding hydrogens is 466 g/mol. The highest BCUT2D eigenvalue weighted by Crippen LogP contribution is 2.36. The molecule has 2 fully saturated rings. The van der Waals surface area contributed by atoms with Crippen molar-refractivity contribution in [1.29, 1.82) is 0 Å². The van der Waals surface area contributed by atoms with Crippen LogP contribution in [0.15, 0.2) is 42.7 Å². The molecule has 0 saturated carbocycles. The molecule has 2 saturated heterocycles. The fourth-order valence-corrected chi connectivity index (χ4v) is 4.26. The number of carbonyl (C=O) groups excluding carboxylic acids is 1. The average molecular weight is 497 g/mol. The number of nitrogen functional groups attached to an aromatic ring is 1. The zero-order chi connectivity index (χ0) is 25.5. The van der Waals surface area contributed by atoms with Crippen molar-refractivity contribution in [1.82, 2.24) is 20.3 Å². The van der Waals surface area contributed by atoms with E-state index in [1.54, 1.807) is 18.2 Å². The van der Waals surface area contributed by atoms with Crippen molar-refractivity contribution in [3.05, 3.63) is 54.4 Å². The van der Waals surface area contributed by atoms with Gasteiger partial charge in [-0.2, -0.15) is 4.39 Å². The molecule has 8 nitrogen and oxygen atoms in total. The maximum atomic E-state index is 14.8. The molecule has 4 heterocycles. The summed E-state index contributed by atoms with van der Waals surface area (Å²) in [7, 11) is 0. The summed E-state index contributed by atoms with van der Waals surface area (Å²) in [4.78, 5) is 25.7. The van der Waals surface area contributed by atoms with Crippen molar-refractivity contribution >= 4 is 17.5 Å². The maximum absolute atomic E-state index is 14.8. The topological polar surface area (TPSA) is 106 Å². The number of benzene rings is 1. The van der Waals surface area contributed by atoms with E-state index in [2.05, 4.69) is 20.3 Å². The number of pyridine rings is 1. The van der Waals surface area contributed by atoms with Crippen molar-refractivity contribution in [2.75, 3.05) is 30.3 Å². The Bertz CT molecular complexity index is 1190. The van der Waals surface area contributed by atoms with Gasteiger partial charge in [-0.15, -0.1) is 0 Å². The highest BCUT2D eigenvalue weighted by atomic mass is 19.2. The molecule has 1 aromatic carbocycles. The summed E-state index contributed by atoms with van der Waals surface area (Å²) >= 11 is 0. The van der Waals surface area contributed by atoms with E-state index in [9.17, 15) is 13.6 Å². The van der Waals surface area contributed by atoms with E-state index in [0.717, 1.165) is 0 Å². The number of piperidine rings is 1. The number of anilines is 2. The van der Waals surface area contributed by atoms with Gasteiger partial charge in [0.25, 0.3) is 0 Å². The first-order chi connectivity index (χ1) is 17.5. The number of hydrogen-bond donors (Lipinski definition) is 2. The van der Waals surface area contributed by atoms with Crippen LogP contribution >= 0.6 is 0 Å². The van der Waals surface area contributed by atoms with Crippen LogP contribution in [0.3, 0.4) is 0 Å². The number of rotatable bonds is 5. The molecular formula is C26H30F2N6O2. The average Bonchev–Trinajstić information content (AvgIpc) is 3.28. The molecule has 5 rings (SSSR count). The van der Waals surface area contributed by atoms with Gasteiger partial charge in [-0.3, -0.25) is 4.79 Å². The first-order valence-corrected chi connectivity index (χ1v) is 12.2. The smallest absolute Gasteiger partial charge is 0.230 e. The van der Waals surface area contributed by atoms with Gasteiger partial charge in [0, 0.05) is 24.9 Å². The Morgan fingerprint density at radius 2 is 1.89 bits per heavy atom. The lowest BCUT2D eigenvalue weighted by atomic mass is 10.1. The largest absolute Gasteiger partial charge is 0.435 e. The van der Waals surface area contributed by atoms with Crippen molar-refractivity contribution in [2.24, 2.45) is 5.92 Å². The number of amides is 1. The van der Waals surface area contributed by atoms with E-state index in [1.165, 1.54) is 61.8 Å². The number of nitrogens with one attached hydrogen (secondary N) is 1. The SMILES string of the molecule is C1CCNCC1.CCC1CCN(c2ccc(Oc3ncccc3-c3ccnc(N)n3)c(F)c2F)C1=O. The summed E-state index contributed by atoms with van der Waals surface area (Å²) < 4.78 is 35.2. The monoisotopic (exact) mass is 496 g/mol. The number of aromatic nitrogens is 3. The Morgan fingerprint density at radius 1 is 1.08 bits per heavy atom. The van der Waals surface area contributed by atoms with Crippen LogP contribution in [0.25, 0.3) is 11.3 Å². The quantitative estimate of drug-likeness (QED) is 0.527. The molecule has 0 aliphatic carbocycles. The summed E-state index contributed by atoms with van der Waals surface area (Å²) in [5.74, 6) is -2.95. The molecule has 190 valence electrons. The second-order valence-electron chi connectivity index (χ2n) is 8.66. The van der Waals surface area contributed by atoms with Crippen LogP contribution in [0.4, 0.5) is 20.4 Å². The minimum atomic E-state index is -1.20. The molecule has 36 heavy (non-hydrogen) atoms. The van der Waals surface area contributed by atoms with E-state index in [0.29, 0.717) is 30.6 Å².